The fourth-order valence-electron chi connectivity index (χ4n) is 4.91. The third-order valence-corrected chi connectivity index (χ3v) is 8.90. The highest BCUT2D eigenvalue weighted by Crippen LogP contribution is 2.43. The average Bonchev–Trinajstić information content (AvgIpc) is 3.16. The van der Waals surface area contributed by atoms with Crippen LogP contribution < -0.4 is 0 Å². The Labute approximate surface area is 182 Å². The minimum absolute atomic E-state index is 0.0216. The minimum atomic E-state index is -3.57. The van der Waals surface area contributed by atoms with Gasteiger partial charge in [-0.2, -0.15) is 0 Å². The number of nitrogens with zero attached hydrogens (tertiary/aromatic N) is 1. The summed E-state index contributed by atoms with van der Waals surface area (Å²) >= 11 is 6.04. The van der Waals surface area contributed by atoms with Gasteiger partial charge in [-0.15, -0.1) is 0 Å². The third-order valence-electron chi connectivity index (χ3n) is 6.54. The molecule has 0 radical (unpaired) electrons. The maximum absolute atomic E-state index is 14.3. The molecule has 4 nitrogen and oxygen atoms in total. The summed E-state index contributed by atoms with van der Waals surface area (Å²) in [7, 11) is -3.57. The van der Waals surface area contributed by atoms with Crippen LogP contribution in [0.4, 0.5) is 4.39 Å². The predicted molar refractivity (Wildman–Crippen MR) is 116 cm³/mol. The summed E-state index contributed by atoms with van der Waals surface area (Å²) in [4.78, 5) is 15.4. The van der Waals surface area contributed by atoms with Gasteiger partial charge in [0.25, 0.3) is 0 Å². The molecule has 1 atom stereocenters. The van der Waals surface area contributed by atoms with Crippen molar-refractivity contribution in [2.45, 2.75) is 42.8 Å². The van der Waals surface area contributed by atoms with Gasteiger partial charge in [0, 0.05) is 23.7 Å². The zero-order valence-electron chi connectivity index (χ0n) is 16.7. The van der Waals surface area contributed by atoms with Gasteiger partial charge in [-0.25, -0.2) is 12.8 Å². The van der Waals surface area contributed by atoms with E-state index in [4.69, 9.17) is 11.6 Å². The van der Waals surface area contributed by atoms with Gasteiger partial charge in [0.2, 0.25) is 5.91 Å². The van der Waals surface area contributed by atoms with E-state index in [1.165, 1.54) is 12.1 Å². The Morgan fingerprint density at radius 1 is 1.03 bits per heavy atom. The molecule has 2 fully saturated rings. The maximum Gasteiger partial charge on any atom is 0.233 e. The fourth-order valence-corrected chi connectivity index (χ4v) is 6.84. The van der Waals surface area contributed by atoms with Crippen LogP contribution in [0.3, 0.4) is 0 Å². The standard InChI is InChI=1S/C23H25ClFNO3S/c24-18-9-7-17(8-10-18)23(12-3-4-13-23)22(27)26-14-11-21(30(28,29)16-15-26)19-5-1-2-6-20(19)25/h1-2,5-10,21H,3-4,11-16H2/t21-/m1/s1. The third kappa shape index (κ3) is 3.87. The highest BCUT2D eigenvalue weighted by Gasteiger charge is 2.46. The molecule has 1 aliphatic heterocycles. The zero-order valence-corrected chi connectivity index (χ0v) is 18.3. The molecule has 0 spiro atoms. The van der Waals surface area contributed by atoms with Crippen molar-refractivity contribution in [1.29, 1.82) is 0 Å². The SMILES string of the molecule is O=C(N1CC[C@H](c2ccccc2F)S(=O)(=O)CC1)C1(c2ccc(Cl)cc2)CCCC1. The highest BCUT2D eigenvalue weighted by molar-refractivity contribution is 7.91. The molecule has 4 rings (SSSR count). The highest BCUT2D eigenvalue weighted by atomic mass is 35.5. The van der Waals surface area contributed by atoms with Crippen molar-refractivity contribution >= 4 is 27.3 Å². The quantitative estimate of drug-likeness (QED) is 0.683. The summed E-state index contributed by atoms with van der Waals surface area (Å²) in [5.74, 6) is -0.694. The van der Waals surface area contributed by atoms with Gasteiger partial charge in [0.05, 0.1) is 16.4 Å². The number of amides is 1. The monoisotopic (exact) mass is 449 g/mol. The van der Waals surface area contributed by atoms with Gasteiger partial charge >= 0.3 is 0 Å². The molecular weight excluding hydrogens is 425 g/mol. The maximum atomic E-state index is 14.3. The second-order valence-corrected chi connectivity index (χ2v) is 11.0. The number of carbonyl (C=O) groups is 1. The van der Waals surface area contributed by atoms with Crippen molar-refractivity contribution < 1.29 is 17.6 Å². The van der Waals surface area contributed by atoms with Crippen molar-refractivity contribution in [3.05, 3.63) is 70.5 Å². The van der Waals surface area contributed by atoms with Crippen LogP contribution in [0, 0.1) is 5.82 Å². The van der Waals surface area contributed by atoms with Crippen molar-refractivity contribution in [2.75, 3.05) is 18.8 Å². The molecule has 0 aromatic heterocycles. The molecule has 7 heteroatoms. The van der Waals surface area contributed by atoms with E-state index < -0.39 is 26.3 Å². The number of carbonyl (C=O) groups excluding carboxylic acids is 1. The lowest BCUT2D eigenvalue weighted by Gasteiger charge is -2.34. The molecule has 0 bridgehead atoms. The summed E-state index contributed by atoms with van der Waals surface area (Å²) in [6, 6.07) is 13.4. The first-order chi connectivity index (χ1) is 14.3. The van der Waals surface area contributed by atoms with E-state index in [1.807, 2.05) is 12.1 Å². The predicted octanol–water partition coefficient (Wildman–Crippen LogP) is 4.68. The van der Waals surface area contributed by atoms with Crippen molar-refractivity contribution in [3.63, 3.8) is 0 Å². The zero-order chi connectivity index (χ0) is 21.4. The fraction of sp³-hybridized carbons (Fsp3) is 0.435. The Morgan fingerprint density at radius 3 is 2.37 bits per heavy atom. The molecule has 2 aliphatic rings. The summed E-state index contributed by atoms with van der Waals surface area (Å²) in [6.45, 7) is 0.438. The average molecular weight is 450 g/mol. The summed E-state index contributed by atoms with van der Waals surface area (Å²) in [5, 5.41) is -0.306. The first-order valence-electron chi connectivity index (χ1n) is 10.3. The van der Waals surface area contributed by atoms with Gasteiger partial charge in [-0.05, 0) is 43.0 Å². The second-order valence-electron chi connectivity index (χ2n) is 8.25. The van der Waals surface area contributed by atoms with Crippen LogP contribution in [0.2, 0.25) is 5.02 Å². The summed E-state index contributed by atoms with van der Waals surface area (Å²) in [5.41, 5.74) is 0.499. The van der Waals surface area contributed by atoms with E-state index in [2.05, 4.69) is 0 Å². The molecule has 30 heavy (non-hydrogen) atoms. The molecule has 1 aliphatic carbocycles. The molecule has 160 valence electrons. The topological polar surface area (TPSA) is 54.5 Å². The molecule has 1 saturated carbocycles. The Morgan fingerprint density at radius 2 is 1.70 bits per heavy atom. The van der Waals surface area contributed by atoms with E-state index in [9.17, 15) is 17.6 Å². The normalized spacial score (nSPS) is 23.1. The number of sulfone groups is 1. The van der Waals surface area contributed by atoms with Crippen LogP contribution in [0.25, 0.3) is 0 Å². The lowest BCUT2D eigenvalue weighted by Crippen LogP contribution is -2.46. The van der Waals surface area contributed by atoms with Crippen LogP contribution in [0.5, 0.6) is 0 Å². The van der Waals surface area contributed by atoms with Gasteiger partial charge in [0.15, 0.2) is 9.84 Å². The number of rotatable bonds is 3. The summed E-state index contributed by atoms with van der Waals surface area (Å²) < 4.78 is 40.1. The van der Waals surface area contributed by atoms with Gasteiger partial charge in [-0.1, -0.05) is 54.8 Å². The van der Waals surface area contributed by atoms with E-state index >= 15 is 0 Å². The molecule has 1 amide bonds. The van der Waals surface area contributed by atoms with Crippen LogP contribution in [0.15, 0.2) is 48.5 Å². The first-order valence-corrected chi connectivity index (χ1v) is 12.4. The second kappa shape index (κ2) is 8.31. The Balaban J connectivity index is 1.62. The molecule has 1 heterocycles. The van der Waals surface area contributed by atoms with E-state index in [0.717, 1.165) is 31.2 Å². The Hall–Kier alpha value is -1.92. The van der Waals surface area contributed by atoms with Gasteiger partial charge in [0.1, 0.15) is 5.82 Å². The van der Waals surface area contributed by atoms with Crippen LogP contribution in [-0.4, -0.2) is 38.1 Å². The van der Waals surface area contributed by atoms with Gasteiger partial charge in [-0.3, -0.25) is 4.79 Å². The number of benzene rings is 2. The summed E-state index contributed by atoms with van der Waals surface area (Å²) in [6.07, 6.45) is 3.60. The van der Waals surface area contributed by atoms with Crippen molar-refractivity contribution in [3.8, 4) is 0 Å². The van der Waals surface area contributed by atoms with E-state index in [-0.39, 0.29) is 30.2 Å². The lowest BCUT2D eigenvalue weighted by atomic mass is 9.77. The van der Waals surface area contributed by atoms with Crippen LogP contribution >= 0.6 is 11.6 Å². The molecule has 0 unspecified atom stereocenters. The van der Waals surface area contributed by atoms with Crippen LogP contribution in [-0.2, 0) is 20.0 Å². The molecule has 0 N–H and O–H groups in total. The van der Waals surface area contributed by atoms with E-state index in [0.29, 0.717) is 11.6 Å². The first kappa shape index (κ1) is 21.3. The van der Waals surface area contributed by atoms with E-state index in [1.54, 1.807) is 29.2 Å². The van der Waals surface area contributed by atoms with Crippen molar-refractivity contribution in [1.82, 2.24) is 4.90 Å². The largest absolute Gasteiger partial charge is 0.341 e. The lowest BCUT2D eigenvalue weighted by molar-refractivity contribution is -0.137. The van der Waals surface area contributed by atoms with Crippen molar-refractivity contribution in [2.24, 2.45) is 0 Å². The van der Waals surface area contributed by atoms with Gasteiger partial charge < -0.3 is 4.90 Å². The molecule has 2 aromatic carbocycles. The minimum Gasteiger partial charge on any atom is -0.341 e. The number of halogens is 2. The Bertz CT molecular complexity index is 1030. The molecular formula is C23H25ClFNO3S. The Kier molecular flexibility index (Phi) is 5.90. The number of hydrogen-bond acceptors (Lipinski definition) is 3. The smallest absolute Gasteiger partial charge is 0.233 e. The molecule has 2 aromatic rings. The van der Waals surface area contributed by atoms with Crippen LogP contribution in [0.1, 0.15) is 48.5 Å². The molecule has 1 saturated heterocycles. The number of hydrogen-bond donors (Lipinski definition) is 0.